The van der Waals surface area contributed by atoms with Crippen LogP contribution in [0.25, 0.3) is 28.2 Å². The number of amides is 1. The summed E-state index contributed by atoms with van der Waals surface area (Å²) in [5.41, 5.74) is 2.22. The van der Waals surface area contributed by atoms with E-state index >= 15 is 0 Å². The van der Waals surface area contributed by atoms with Gasteiger partial charge in [0.05, 0.1) is 25.2 Å². The molecule has 1 fully saturated rings. The van der Waals surface area contributed by atoms with Gasteiger partial charge < -0.3 is 33.4 Å². The van der Waals surface area contributed by atoms with E-state index in [0.29, 0.717) is 16.7 Å². The van der Waals surface area contributed by atoms with Gasteiger partial charge in [0.15, 0.2) is 22.8 Å². The highest BCUT2D eigenvalue weighted by Crippen LogP contribution is 2.35. The van der Waals surface area contributed by atoms with E-state index in [1.165, 1.54) is 31.9 Å². The van der Waals surface area contributed by atoms with Crippen LogP contribution in [0.2, 0.25) is 0 Å². The highest BCUT2D eigenvalue weighted by molar-refractivity contribution is 5.88. The normalized spacial score (nSPS) is 14.1. The van der Waals surface area contributed by atoms with Gasteiger partial charge in [-0.1, -0.05) is 36.4 Å². The van der Waals surface area contributed by atoms with Crippen LogP contribution in [-0.4, -0.2) is 50.0 Å². The lowest BCUT2D eigenvalue weighted by Crippen LogP contribution is -2.34. The average Bonchev–Trinajstić information content (AvgIpc) is 3.52. The first-order valence-electron chi connectivity index (χ1n) is 14.0. The molecule has 1 N–H and O–H groups in total. The summed E-state index contributed by atoms with van der Waals surface area (Å²) in [6.07, 6.45) is 12.1. The smallest absolute Gasteiger partial charge is 0.246 e. The molecule has 0 spiro atoms. The standard InChI is InChI=1S/C17H19NO3.C17H14O5/c19-17(18-10-4-1-5-11-18)7-3-2-6-14-8-9-15-16(12-14)21-13-20-15;1-20-11-5-3-10(4-6-11)13-9-22-16-12(15(13)19)7-8-14(18)17(16)21-2/h2-3,6-9,12H,1,4-5,10-11,13H2;3-9,18H,1-2H3. The summed E-state index contributed by atoms with van der Waals surface area (Å²) in [5, 5.41) is 10.1. The van der Waals surface area contributed by atoms with E-state index in [0.717, 1.165) is 48.6 Å². The van der Waals surface area contributed by atoms with Crippen molar-refractivity contribution in [2.24, 2.45) is 0 Å². The van der Waals surface area contributed by atoms with Crippen LogP contribution < -0.4 is 24.4 Å². The van der Waals surface area contributed by atoms with E-state index in [2.05, 4.69) is 0 Å². The maximum atomic E-state index is 12.6. The largest absolute Gasteiger partial charge is 0.504 e. The highest BCUT2D eigenvalue weighted by atomic mass is 16.7. The van der Waals surface area contributed by atoms with Gasteiger partial charge in [0.25, 0.3) is 0 Å². The van der Waals surface area contributed by atoms with Crippen molar-refractivity contribution in [1.82, 2.24) is 4.90 Å². The number of rotatable bonds is 6. The van der Waals surface area contributed by atoms with Crippen molar-refractivity contribution in [1.29, 1.82) is 0 Å². The van der Waals surface area contributed by atoms with Crippen LogP contribution >= 0.6 is 0 Å². The van der Waals surface area contributed by atoms with E-state index in [4.69, 9.17) is 23.4 Å². The monoisotopic (exact) mass is 583 g/mol. The Kier molecular flexibility index (Phi) is 9.31. The zero-order valence-electron chi connectivity index (χ0n) is 24.1. The van der Waals surface area contributed by atoms with E-state index in [9.17, 15) is 14.7 Å². The van der Waals surface area contributed by atoms with Gasteiger partial charge in [-0.25, -0.2) is 0 Å². The molecule has 9 nitrogen and oxygen atoms in total. The van der Waals surface area contributed by atoms with Crippen molar-refractivity contribution < 1.29 is 33.3 Å². The first-order valence-corrected chi connectivity index (χ1v) is 14.0. The number of benzene rings is 3. The quantitative estimate of drug-likeness (QED) is 0.212. The number of methoxy groups -OCH3 is 2. The number of nitrogens with zero attached hydrogens (tertiary/aromatic N) is 1. The second-order valence-electron chi connectivity index (χ2n) is 9.92. The SMILES string of the molecule is COc1ccc(-c2coc3c(OC)c(O)ccc3c2=O)cc1.O=C(C=CC=Cc1ccc2c(c1)OCO2)N1CCCCC1. The van der Waals surface area contributed by atoms with Crippen molar-refractivity contribution in [3.8, 4) is 39.9 Å². The molecule has 1 amide bonds. The molecule has 222 valence electrons. The summed E-state index contributed by atoms with van der Waals surface area (Å²) in [6.45, 7) is 2.05. The minimum atomic E-state index is -0.190. The Morgan fingerprint density at radius 3 is 2.42 bits per heavy atom. The molecule has 9 heteroatoms. The second kappa shape index (κ2) is 13.7. The van der Waals surface area contributed by atoms with E-state index < -0.39 is 0 Å². The number of aromatic hydroxyl groups is 1. The van der Waals surface area contributed by atoms with Crippen molar-refractivity contribution in [2.75, 3.05) is 34.1 Å². The lowest BCUT2D eigenvalue weighted by atomic mass is 10.1. The van der Waals surface area contributed by atoms with Crippen LogP contribution in [0.15, 0.2) is 88.3 Å². The van der Waals surface area contributed by atoms with Gasteiger partial charge in [-0.2, -0.15) is 0 Å². The lowest BCUT2D eigenvalue weighted by molar-refractivity contribution is -0.126. The third kappa shape index (κ3) is 6.83. The number of ether oxygens (including phenoxy) is 4. The first-order chi connectivity index (χ1) is 21.0. The number of carbonyl (C=O) groups excluding carboxylic acids is 1. The topological polar surface area (TPSA) is 108 Å². The van der Waals surface area contributed by atoms with Crippen LogP contribution in [0.1, 0.15) is 24.8 Å². The number of carbonyl (C=O) groups is 1. The Balaban J connectivity index is 0.000000171. The zero-order valence-corrected chi connectivity index (χ0v) is 24.1. The molecule has 0 saturated carbocycles. The summed E-state index contributed by atoms with van der Waals surface area (Å²) < 4.78 is 26.3. The Labute approximate surface area is 249 Å². The van der Waals surface area contributed by atoms with Crippen molar-refractivity contribution in [3.05, 3.63) is 94.9 Å². The number of phenolic OH excluding ortho intramolecular Hbond substituents is 1. The Morgan fingerprint density at radius 2 is 1.67 bits per heavy atom. The molecule has 2 aliphatic heterocycles. The predicted molar refractivity (Wildman–Crippen MR) is 164 cm³/mol. The van der Waals surface area contributed by atoms with E-state index in [1.807, 2.05) is 35.3 Å². The van der Waals surface area contributed by atoms with Gasteiger partial charge in [-0.3, -0.25) is 9.59 Å². The third-order valence-corrected chi connectivity index (χ3v) is 7.18. The van der Waals surface area contributed by atoms with Crippen LogP contribution in [-0.2, 0) is 4.79 Å². The summed E-state index contributed by atoms with van der Waals surface area (Å²) in [7, 11) is 2.99. The van der Waals surface area contributed by atoms with Crippen LogP contribution in [0.5, 0.6) is 28.7 Å². The van der Waals surface area contributed by atoms with E-state index in [-0.39, 0.29) is 35.2 Å². The minimum absolute atomic E-state index is 0.0738. The molecule has 4 aromatic rings. The van der Waals surface area contributed by atoms with Crippen molar-refractivity contribution in [3.63, 3.8) is 0 Å². The maximum Gasteiger partial charge on any atom is 0.246 e. The number of hydrogen-bond acceptors (Lipinski definition) is 8. The molecular formula is C34H33NO8. The predicted octanol–water partition coefficient (Wildman–Crippen LogP) is 6.18. The van der Waals surface area contributed by atoms with E-state index in [1.54, 1.807) is 43.5 Å². The van der Waals surface area contributed by atoms with Gasteiger partial charge in [-0.15, -0.1) is 0 Å². The highest BCUT2D eigenvalue weighted by Gasteiger charge is 2.16. The number of hydrogen-bond donors (Lipinski definition) is 1. The molecule has 0 radical (unpaired) electrons. The number of phenols is 1. The van der Waals surface area contributed by atoms with Gasteiger partial charge in [-0.05, 0) is 66.8 Å². The molecule has 1 saturated heterocycles. The molecule has 3 aromatic carbocycles. The van der Waals surface area contributed by atoms with Crippen LogP contribution in [0.3, 0.4) is 0 Å². The van der Waals surface area contributed by atoms with Crippen LogP contribution in [0, 0.1) is 0 Å². The Bertz CT molecular complexity index is 1700. The molecule has 0 aliphatic carbocycles. The second-order valence-corrected chi connectivity index (χ2v) is 9.92. The number of piperidine rings is 1. The summed E-state index contributed by atoms with van der Waals surface area (Å²) in [4.78, 5) is 26.5. The number of allylic oxidation sites excluding steroid dienone is 2. The molecule has 3 heterocycles. The van der Waals surface area contributed by atoms with Gasteiger partial charge in [0, 0.05) is 19.2 Å². The minimum Gasteiger partial charge on any atom is -0.504 e. The lowest BCUT2D eigenvalue weighted by Gasteiger charge is -2.25. The molecule has 2 aliphatic rings. The fourth-order valence-electron chi connectivity index (χ4n) is 4.87. The Hall–Kier alpha value is -5.18. The molecule has 0 atom stereocenters. The van der Waals surface area contributed by atoms with Gasteiger partial charge in [0.2, 0.25) is 23.9 Å². The number of fused-ring (bicyclic) bond motifs is 2. The third-order valence-electron chi connectivity index (χ3n) is 7.18. The van der Waals surface area contributed by atoms with Gasteiger partial charge in [0.1, 0.15) is 12.0 Å². The molecule has 0 bridgehead atoms. The summed E-state index contributed by atoms with van der Waals surface area (Å²) in [5.74, 6) is 2.44. The van der Waals surface area contributed by atoms with Crippen LogP contribution in [0.4, 0.5) is 0 Å². The summed E-state index contributed by atoms with van der Waals surface area (Å²) in [6, 6.07) is 15.8. The first kappa shape index (κ1) is 29.3. The molecule has 0 unspecified atom stereocenters. The fourth-order valence-corrected chi connectivity index (χ4v) is 4.87. The average molecular weight is 584 g/mol. The van der Waals surface area contributed by atoms with Gasteiger partial charge >= 0.3 is 0 Å². The maximum absolute atomic E-state index is 12.6. The van der Waals surface area contributed by atoms with Crippen molar-refractivity contribution in [2.45, 2.75) is 19.3 Å². The summed E-state index contributed by atoms with van der Waals surface area (Å²) >= 11 is 0. The Morgan fingerprint density at radius 1 is 0.907 bits per heavy atom. The fraction of sp³-hybridized carbons (Fsp3) is 0.235. The molecule has 6 rings (SSSR count). The molecule has 43 heavy (non-hydrogen) atoms. The molecular weight excluding hydrogens is 550 g/mol. The molecule has 1 aromatic heterocycles. The zero-order chi connectivity index (χ0) is 30.2. The number of likely N-dealkylation sites (tertiary alicyclic amines) is 1. The van der Waals surface area contributed by atoms with Crippen molar-refractivity contribution >= 4 is 23.0 Å².